The minimum Gasteiger partial charge on any atom is -0.490 e. The molecule has 6 amide bonds. The maximum atomic E-state index is 12.9. The summed E-state index contributed by atoms with van der Waals surface area (Å²) in [5.74, 6) is -6.51. The highest BCUT2D eigenvalue weighted by Gasteiger charge is 2.47. The normalized spacial score (nSPS) is 24.4. The van der Waals surface area contributed by atoms with Gasteiger partial charge < -0.3 is 20.1 Å². The SMILES string of the molecule is C[C@]1(CS(=O)(=O)Cl)NC(=O)NC1=O.C[C@]1(CS(=O)(=O)N2CCC(Oc3ccc(OCC(F)(F)C(F)F)cc3)CC2)NC(=O)NC1=O. The van der Waals surface area contributed by atoms with Crippen molar-refractivity contribution in [2.75, 3.05) is 31.2 Å². The molecule has 0 aromatic heterocycles. The third kappa shape index (κ3) is 9.79. The van der Waals surface area contributed by atoms with E-state index in [0.29, 0.717) is 18.6 Å². The minimum atomic E-state index is -4.26. The monoisotopic (exact) mass is 723 g/mol. The molecular formula is C24H30ClF4N5O10S2. The maximum Gasteiger partial charge on any atom is 0.340 e. The number of benzene rings is 1. The summed E-state index contributed by atoms with van der Waals surface area (Å²) >= 11 is 0. The van der Waals surface area contributed by atoms with Crippen LogP contribution in [0.25, 0.3) is 0 Å². The molecule has 22 heteroatoms. The lowest BCUT2D eigenvalue weighted by atomic mass is 10.1. The molecule has 0 aliphatic carbocycles. The summed E-state index contributed by atoms with van der Waals surface area (Å²) in [6, 6.07) is 4.01. The third-order valence-electron chi connectivity index (χ3n) is 6.84. The van der Waals surface area contributed by atoms with Gasteiger partial charge in [-0.05, 0) is 51.0 Å². The van der Waals surface area contributed by atoms with Crippen molar-refractivity contribution in [1.29, 1.82) is 0 Å². The number of urea groups is 2. The van der Waals surface area contributed by atoms with Crippen LogP contribution in [0.2, 0.25) is 0 Å². The molecule has 15 nitrogen and oxygen atoms in total. The smallest absolute Gasteiger partial charge is 0.340 e. The number of carbonyl (C=O) groups excluding carboxylic acids is 4. The molecule has 0 bridgehead atoms. The zero-order valence-corrected chi connectivity index (χ0v) is 26.5. The average molecular weight is 724 g/mol. The van der Waals surface area contributed by atoms with E-state index in [-0.39, 0.29) is 24.9 Å². The first-order chi connectivity index (χ1) is 21.0. The molecule has 0 unspecified atom stereocenters. The average Bonchev–Trinajstić information content (AvgIpc) is 3.32. The number of carbonyl (C=O) groups is 4. The van der Waals surface area contributed by atoms with Crippen LogP contribution in [0.3, 0.4) is 0 Å². The van der Waals surface area contributed by atoms with Gasteiger partial charge in [-0.3, -0.25) is 20.2 Å². The van der Waals surface area contributed by atoms with Gasteiger partial charge in [-0.2, -0.15) is 8.78 Å². The predicted molar refractivity (Wildman–Crippen MR) is 152 cm³/mol. The Kier molecular flexibility index (Phi) is 11.1. The lowest BCUT2D eigenvalue weighted by molar-refractivity contribution is -0.148. The number of hydrogen-bond donors (Lipinski definition) is 4. The fourth-order valence-electron chi connectivity index (χ4n) is 4.44. The van der Waals surface area contributed by atoms with Gasteiger partial charge in [0.05, 0.1) is 11.5 Å². The molecule has 258 valence electrons. The van der Waals surface area contributed by atoms with Crippen molar-refractivity contribution in [2.45, 2.75) is 56.2 Å². The van der Waals surface area contributed by atoms with Crippen molar-refractivity contribution in [1.82, 2.24) is 25.6 Å². The van der Waals surface area contributed by atoms with E-state index in [4.69, 9.17) is 20.2 Å². The van der Waals surface area contributed by atoms with E-state index in [1.54, 1.807) is 0 Å². The Morgan fingerprint density at radius 1 is 0.891 bits per heavy atom. The maximum absolute atomic E-state index is 12.9. The quantitative estimate of drug-likeness (QED) is 0.144. The molecule has 2 atom stereocenters. The van der Waals surface area contributed by atoms with E-state index in [1.165, 1.54) is 42.4 Å². The van der Waals surface area contributed by atoms with E-state index < -0.39 is 84.5 Å². The molecule has 3 heterocycles. The first-order valence-electron chi connectivity index (χ1n) is 13.3. The largest absolute Gasteiger partial charge is 0.490 e. The van der Waals surface area contributed by atoms with E-state index in [0.717, 1.165) is 0 Å². The van der Waals surface area contributed by atoms with Crippen LogP contribution in [0.1, 0.15) is 26.7 Å². The van der Waals surface area contributed by atoms with Crippen LogP contribution in [0.5, 0.6) is 11.5 Å². The number of hydrogen-bond acceptors (Lipinski definition) is 10. The highest BCUT2D eigenvalue weighted by Crippen LogP contribution is 2.27. The molecular weight excluding hydrogens is 694 g/mol. The van der Waals surface area contributed by atoms with Gasteiger partial charge in [0, 0.05) is 23.8 Å². The first-order valence-corrected chi connectivity index (χ1v) is 17.4. The van der Waals surface area contributed by atoms with Crippen LogP contribution in [0.4, 0.5) is 27.2 Å². The number of nitrogens with zero attached hydrogens (tertiary/aromatic N) is 1. The van der Waals surface area contributed by atoms with E-state index in [2.05, 4.69) is 10.6 Å². The first kappa shape index (κ1) is 37.0. The van der Waals surface area contributed by atoms with Gasteiger partial charge in [-0.1, -0.05) is 0 Å². The Hall–Kier alpha value is -3.43. The summed E-state index contributed by atoms with van der Waals surface area (Å²) in [5.41, 5.74) is -3.01. The van der Waals surface area contributed by atoms with Crippen molar-refractivity contribution < 1.29 is 63.0 Å². The number of amides is 6. The van der Waals surface area contributed by atoms with Crippen LogP contribution in [-0.2, 0) is 28.7 Å². The molecule has 0 spiro atoms. The second kappa shape index (κ2) is 13.7. The summed E-state index contributed by atoms with van der Waals surface area (Å²) in [6.45, 7) is 1.45. The summed E-state index contributed by atoms with van der Waals surface area (Å²) in [5, 5.41) is 8.44. The number of sulfonamides is 1. The van der Waals surface area contributed by atoms with Crippen molar-refractivity contribution in [3.8, 4) is 11.5 Å². The zero-order valence-electron chi connectivity index (χ0n) is 24.1. The number of nitrogens with one attached hydrogen (secondary N) is 4. The summed E-state index contributed by atoms with van der Waals surface area (Å²) in [4.78, 5) is 45.0. The number of alkyl halides is 4. The highest BCUT2D eigenvalue weighted by molar-refractivity contribution is 8.13. The molecule has 46 heavy (non-hydrogen) atoms. The topological polar surface area (TPSA) is 206 Å². The number of imide groups is 2. The molecule has 3 aliphatic heterocycles. The Bertz CT molecular complexity index is 1560. The van der Waals surface area contributed by atoms with E-state index in [9.17, 15) is 53.6 Å². The second-order valence-electron chi connectivity index (χ2n) is 11.0. The Labute approximate surface area is 265 Å². The molecule has 3 fully saturated rings. The zero-order chi connectivity index (χ0) is 34.7. The van der Waals surface area contributed by atoms with Crippen molar-refractivity contribution >= 4 is 53.6 Å². The van der Waals surface area contributed by atoms with Crippen LogP contribution >= 0.6 is 10.7 Å². The lowest BCUT2D eigenvalue weighted by Gasteiger charge is -2.33. The van der Waals surface area contributed by atoms with Crippen LogP contribution < -0.4 is 30.7 Å². The third-order valence-corrected chi connectivity index (χ3v) is 10.2. The molecule has 4 rings (SSSR count). The molecule has 1 aromatic rings. The fourth-order valence-corrected chi connectivity index (χ4v) is 7.87. The van der Waals surface area contributed by atoms with Gasteiger partial charge >= 0.3 is 24.4 Å². The standard InChI is InChI=1S/C19H23F4N3O6S.C5H7ClN2O4S/c1-18(16(27)24-17(28)25-18)11-33(29,30)26-8-6-14(7-9-26)32-13-4-2-12(3-5-13)31-10-19(22,23)15(20)21;1-5(2-13(6,11)12)3(9)7-4(10)8-5/h2-5,14-15H,6-11H2,1H3,(H2,24,25,27,28);2H2,1H3,(H2,7,8,9,10)/t18-;5-/m11/s1. The minimum absolute atomic E-state index is 0.0277. The predicted octanol–water partition coefficient (Wildman–Crippen LogP) is 0.890. The van der Waals surface area contributed by atoms with Crippen LogP contribution in [0.15, 0.2) is 24.3 Å². The molecule has 0 saturated carbocycles. The Morgan fingerprint density at radius 3 is 1.76 bits per heavy atom. The molecule has 4 N–H and O–H groups in total. The molecule has 3 saturated heterocycles. The summed E-state index contributed by atoms with van der Waals surface area (Å²) in [7, 11) is -2.71. The molecule has 0 radical (unpaired) electrons. The van der Waals surface area contributed by atoms with Crippen LogP contribution in [0, 0.1) is 0 Å². The number of piperidine rings is 1. The van der Waals surface area contributed by atoms with Crippen LogP contribution in [-0.4, -0.2) is 106 Å². The van der Waals surface area contributed by atoms with Gasteiger partial charge in [0.15, 0.2) is 6.61 Å². The van der Waals surface area contributed by atoms with Gasteiger partial charge in [0.25, 0.3) is 11.8 Å². The number of rotatable bonds is 11. The van der Waals surface area contributed by atoms with Gasteiger partial charge in [-0.25, -0.2) is 39.5 Å². The summed E-state index contributed by atoms with van der Waals surface area (Å²) in [6.07, 6.45) is -3.44. The number of ether oxygens (including phenoxy) is 2. The van der Waals surface area contributed by atoms with E-state index in [1.807, 2.05) is 10.6 Å². The lowest BCUT2D eigenvalue weighted by Crippen LogP contribution is -2.53. The van der Waals surface area contributed by atoms with E-state index >= 15 is 0 Å². The van der Waals surface area contributed by atoms with Gasteiger partial charge in [0.1, 0.15) is 28.7 Å². The summed E-state index contributed by atoms with van der Waals surface area (Å²) < 4.78 is 109. The Morgan fingerprint density at radius 2 is 1.35 bits per heavy atom. The molecule has 1 aromatic carbocycles. The van der Waals surface area contributed by atoms with Gasteiger partial charge in [0.2, 0.25) is 19.1 Å². The molecule has 3 aliphatic rings. The fraction of sp³-hybridized carbons (Fsp3) is 0.583. The van der Waals surface area contributed by atoms with Crippen molar-refractivity contribution in [3.05, 3.63) is 24.3 Å². The second-order valence-corrected chi connectivity index (χ2v) is 15.7. The van der Waals surface area contributed by atoms with Crippen molar-refractivity contribution in [2.24, 2.45) is 0 Å². The van der Waals surface area contributed by atoms with Gasteiger partial charge in [-0.15, -0.1) is 0 Å². The Balaban J connectivity index is 0.000000370. The number of halogens is 5. The van der Waals surface area contributed by atoms with Crippen molar-refractivity contribution in [3.63, 3.8) is 0 Å². The highest BCUT2D eigenvalue weighted by atomic mass is 35.7.